The van der Waals surface area contributed by atoms with Crippen LogP contribution >= 0.6 is 0 Å². The molecule has 4 rings (SSSR count). The maximum atomic E-state index is 12.9. The summed E-state index contributed by atoms with van der Waals surface area (Å²) in [5.41, 5.74) is 1.04. The molecule has 3 heterocycles. The molecule has 3 aromatic rings. The number of fused-ring (bicyclic) bond motifs is 1. The minimum atomic E-state index is -3.61. The number of aromatic nitrogens is 3. The minimum absolute atomic E-state index is 0.130. The fraction of sp³-hybridized carbons (Fsp3) is 0.368. The van der Waals surface area contributed by atoms with E-state index in [-0.39, 0.29) is 10.6 Å². The summed E-state index contributed by atoms with van der Waals surface area (Å²) in [7, 11) is -3.61. The Morgan fingerprint density at radius 2 is 1.78 bits per heavy atom. The molecule has 2 aromatic heterocycles. The van der Waals surface area contributed by atoms with E-state index >= 15 is 0 Å². The van der Waals surface area contributed by atoms with Crippen molar-refractivity contribution in [3.05, 3.63) is 64.7 Å². The van der Waals surface area contributed by atoms with Crippen molar-refractivity contribution in [3.8, 4) is 0 Å². The molecule has 0 bridgehead atoms. The zero-order valence-corrected chi connectivity index (χ0v) is 16.0. The fourth-order valence-electron chi connectivity index (χ4n) is 3.39. The molecule has 8 heteroatoms. The number of hydrogen-bond donors (Lipinski definition) is 0. The summed E-state index contributed by atoms with van der Waals surface area (Å²) in [6.45, 7) is 3.51. The molecule has 7 nitrogen and oxygen atoms in total. The molecule has 0 saturated carbocycles. The van der Waals surface area contributed by atoms with Gasteiger partial charge in [0.2, 0.25) is 10.0 Å². The minimum Gasteiger partial charge on any atom is -0.249 e. The van der Waals surface area contributed by atoms with E-state index in [1.54, 1.807) is 6.07 Å². The zero-order chi connectivity index (χ0) is 19.0. The molecule has 142 valence electrons. The standard InChI is InChI=1S/C19H22N4O3S/c1-15-9-11-21(12-10-15)27(25,26)17-7-8-18-20-23(19(24)22(18)14-17)13-16-5-3-2-4-6-16/h2-8,14-15H,9-13H2,1H3. The van der Waals surface area contributed by atoms with Gasteiger partial charge in [-0.1, -0.05) is 37.3 Å². The number of rotatable bonds is 4. The number of pyridine rings is 1. The second-order valence-corrected chi connectivity index (χ2v) is 9.04. The highest BCUT2D eigenvalue weighted by Gasteiger charge is 2.28. The van der Waals surface area contributed by atoms with Crippen LogP contribution in [0.4, 0.5) is 0 Å². The SMILES string of the molecule is CC1CCN(S(=O)(=O)c2ccc3nn(Cc4ccccc4)c(=O)n3c2)CC1. The lowest BCUT2D eigenvalue weighted by atomic mass is 10.0. The third-order valence-electron chi connectivity index (χ3n) is 5.11. The Labute approximate surface area is 157 Å². The Bertz CT molecular complexity index is 1110. The van der Waals surface area contributed by atoms with Crippen LogP contribution < -0.4 is 5.69 Å². The van der Waals surface area contributed by atoms with Crippen molar-refractivity contribution in [2.45, 2.75) is 31.2 Å². The lowest BCUT2D eigenvalue weighted by Gasteiger charge is -2.29. The molecule has 1 aliphatic rings. The molecule has 1 aliphatic heterocycles. The van der Waals surface area contributed by atoms with Gasteiger partial charge in [0.05, 0.1) is 11.4 Å². The smallest absolute Gasteiger partial charge is 0.249 e. The Balaban J connectivity index is 1.68. The third-order valence-corrected chi connectivity index (χ3v) is 6.99. The lowest BCUT2D eigenvalue weighted by molar-refractivity contribution is 0.288. The van der Waals surface area contributed by atoms with E-state index in [0.717, 1.165) is 18.4 Å². The number of nitrogens with zero attached hydrogens (tertiary/aromatic N) is 4. The van der Waals surface area contributed by atoms with Gasteiger partial charge in [0.15, 0.2) is 5.65 Å². The van der Waals surface area contributed by atoms with E-state index in [1.807, 2.05) is 30.3 Å². The molecule has 1 fully saturated rings. The summed E-state index contributed by atoms with van der Waals surface area (Å²) in [6.07, 6.45) is 3.10. The van der Waals surface area contributed by atoms with Gasteiger partial charge in [-0.05, 0) is 36.5 Å². The van der Waals surface area contributed by atoms with Crippen LogP contribution in [0.1, 0.15) is 25.3 Å². The van der Waals surface area contributed by atoms with E-state index in [4.69, 9.17) is 0 Å². The molecular weight excluding hydrogens is 364 g/mol. The second kappa shape index (κ2) is 6.94. The Morgan fingerprint density at radius 3 is 2.48 bits per heavy atom. The van der Waals surface area contributed by atoms with Crippen LogP contribution in [0.3, 0.4) is 0 Å². The first-order valence-electron chi connectivity index (χ1n) is 9.08. The van der Waals surface area contributed by atoms with Crippen LogP contribution in [0.2, 0.25) is 0 Å². The van der Waals surface area contributed by atoms with Crippen molar-refractivity contribution in [2.24, 2.45) is 5.92 Å². The number of hydrogen-bond acceptors (Lipinski definition) is 4. The average molecular weight is 386 g/mol. The maximum Gasteiger partial charge on any atom is 0.350 e. The predicted molar refractivity (Wildman–Crippen MR) is 102 cm³/mol. The molecule has 0 N–H and O–H groups in total. The van der Waals surface area contributed by atoms with Crippen molar-refractivity contribution < 1.29 is 8.42 Å². The van der Waals surface area contributed by atoms with E-state index in [9.17, 15) is 13.2 Å². The van der Waals surface area contributed by atoms with Gasteiger partial charge in [0.1, 0.15) is 0 Å². The molecular formula is C19H22N4O3S. The second-order valence-electron chi connectivity index (χ2n) is 7.11. The van der Waals surface area contributed by atoms with Crippen LogP contribution in [-0.4, -0.2) is 40.0 Å². The Hall–Kier alpha value is -2.45. The van der Waals surface area contributed by atoms with Crippen LogP contribution in [0.25, 0.3) is 5.65 Å². The zero-order valence-electron chi connectivity index (χ0n) is 15.2. The summed E-state index contributed by atoms with van der Waals surface area (Å²) in [4.78, 5) is 12.8. The number of benzene rings is 1. The highest BCUT2D eigenvalue weighted by atomic mass is 32.2. The monoisotopic (exact) mass is 386 g/mol. The quantitative estimate of drug-likeness (QED) is 0.687. The summed E-state index contributed by atoms with van der Waals surface area (Å²) in [5.74, 6) is 0.540. The van der Waals surface area contributed by atoms with Crippen LogP contribution in [0.5, 0.6) is 0 Å². The Kier molecular flexibility index (Phi) is 4.61. The predicted octanol–water partition coefficient (Wildman–Crippen LogP) is 1.96. The number of piperidine rings is 1. The van der Waals surface area contributed by atoms with Gasteiger partial charge in [-0.15, -0.1) is 5.10 Å². The highest BCUT2D eigenvalue weighted by Crippen LogP contribution is 2.23. The van der Waals surface area contributed by atoms with Gasteiger partial charge < -0.3 is 0 Å². The van der Waals surface area contributed by atoms with Gasteiger partial charge in [0, 0.05) is 19.3 Å². The van der Waals surface area contributed by atoms with Gasteiger partial charge >= 0.3 is 5.69 Å². The normalized spacial score (nSPS) is 16.8. The Morgan fingerprint density at radius 1 is 1.07 bits per heavy atom. The lowest BCUT2D eigenvalue weighted by Crippen LogP contribution is -2.38. The van der Waals surface area contributed by atoms with Gasteiger partial charge in [-0.25, -0.2) is 22.3 Å². The fourth-order valence-corrected chi connectivity index (χ4v) is 4.85. The molecule has 0 spiro atoms. The summed E-state index contributed by atoms with van der Waals surface area (Å²) < 4.78 is 30.0. The van der Waals surface area contributed by atoms with Crippen molar-refractivity contribution in [2.75, 3.05) is 13.1 Å². The summed E-state index contributed by atoms with van der Waals surface area (Å²) in [6, 6.07) is 12.7. The first-order chi connectivity index (χ1) is 12.9. The molecule has 0 unspecified atom stereocenters. The van der Waals surface area contributed by atoms with Gasteiger partial charge in [-0.2, -0.15) is 4.31 Å². The molecule has 0 atom stereocenters. The first-order valence-corrected chi connectivity index (χ1v) is 10.5. The molecule has 1 saturated heterocycles. The number of sulfonamides is 1. The van der Waals surface area contributed by atoms with Crippen LogP contribution in [-0.2, 0) is 16.6 Å². The first kappa shape index (κ1) is 17.9. The highest BCUT2D eigenvalue weighted by molar-refractivity contribution is 7.89. The summed E-state index contributed by atoms with van der Waals surface area (Å²) >= 11 is 0. The molecule has 1 aromatic carbocycles. The topological polar surface area (TPSA) is 76.7 Å². The molecule has 0 radical (unpaired) electrons. The van der Waals surface area contributed by atoms with Crippen LogP contribution in [0.15, 0.2) is 58.4 Å². The maximum absolute atomic E-state index is 12.9. The van der Waals surface area contributed by atoms with Crippen molar-refractivity contribution >= 4 is 15.7 Å². The van der Waals surface area contributed by atoms with E-state index in [1.165, 1.54) is 25.7 Å². The molecule has 0 amide bonds. The molecule has 27 heavy (non-hydrogen) atoms. The molecule has 0 aliphatic carbocycles. The van der Waals surface area contributed by atoms with Crippen LogP contribution in [0, 0.1) is 5.92 Å². The van der Waals surface area contributed by atoms with Crippen molar-refractivity contribution in [1.29, 1.82) is 0 Å². The largest absolute Gasteiger partial charge is 0.350 e. The van der Waals surface area contributed by atoms with E-state index in [2.05, 4.69) is 12.0 Å². The third kappa shape index (κ3) is 3.42. The average Bonchev–Trinajstić information content (AvgIpc) is 2.98. The van der Waals surface area contributed by atoms with Crippen molar-refractivity contribution in [1.82, 2.24) is 18.5 Å². The van der Waals surface area contributed by atoms with Gasteiger partial charge in [0.25, 0.3) is 0 Å². The van der Waals surface area contributed by atoms with E-state index < -0.39 is 10.0 Å². The van der Waals surface area contributed by atoms with Crippen molar-refractivity contribution in [3.63, 3.8) is 0 Å². The van der Waals surface area contributed by atoms with Gasteiger partial charge in [-0.3, -0.25) is 0 Å². The van der Waals surface area contributed by atoms with E-state index in [0.29, 0.717) is 31.2 Å². The summed E-state index contributed by atoms with van der Waals surface area (Å²) in [5, 5.41) is 4.31.